The van der Waals surface area contributed by atoms with Gasteiger partial charge in [-0.1, -0.05) is 74.9 Å². The monoisotopic (exact) mass is 760 g/mol. The summed E-state index contributed by atoms with van der Waals surface area (Å²) in [6, 6.07) is 23.2. The molecule has 11 rings (SSSR count). The molecule has 4 unspecified atom stereocenters. The summed E-state index contributed by atoms with van der Waals surface area (Å²) in [6.07, 6.45) is 11.6. The van der Waals surface area contributed by atoms with Gasteiger partial charge in [0.05, 0.1) is 23.5 Å². The third kappa shape index (κ3) is 5.92. The van der Waals surface area contributed by atoms with Gasteiger partial charge < -0.3 is 14.2 Å². The van der Waals surface area contributed by atoms with E-state index >= 15 is 4.79 Å². The summed E-state index contributed by atoms with van der Waals surface area (Å²) in [5.74, 6) is 0.900. The Labute approximate surface area is 324 Å². The molecule has 3 saturated heterocycles. The van der Waals surface area contributed by atoms with E-state index in [-0.39, 0.29) is 23.9 Å². The molecule has 6 fully saturated rings. The van der Waals surface area contributed by atoms with E-state index in [0.29, 0.717) is 30.9 Å². The summed E-state index contributed by atoms with van der Waals surface area (Å²) in [7, 11) is -2.09. The van der Waals surface area contributed by atoms with Crippen LogP contribution in [0.2, 0.25) is 0 Å². The molecule has 4 aromatic rings. The molecule has 3 aliphatic carbocycles. The molecule has 55 heavy (non-hydrogen) atoms. The van der Waals surface area contributed by atoms with Crippen LogP contribution in [0, 0.1) is 5.41 Å². The molecule has 2 bridgehead atoms. The van der Waals surface area contributed by atoms with Crippen molar-refractivity contribution in [3.05, 3.63) is 89.0 Å². The summed E-state index contributed by atoms with van der Waals surface area (Å²) in [6.45, 7) is 3.20. The number of fused-ring (bicyclic) bond motifs is 9. The van der Waals surface area contributed by atoms with Crippen molar-refractivity contribution in [2.45, 2.75) is 119 Å². The van der Waals surface area contributed by atoms with Crippen LogP contribution in [0.3, 0.4) is 0 Å². The highest BCUT2D eigenvalue weighted by Crippen LogP contribution is 2.67. The van der Waals surface area contributed by atoms with Gasteiger partial charge in [-0.2, -0.15) is 0 Å². The summed E-state index contributed by atoms with van der Waals surface area (Å²) >= 11 is 0. The number of amides is 2. The van der Waals surface area contributed by atoms with E-state index in [0.717, 1.165) is 92.5 Å². The Hall–Kier alpha value is -4.15. The molecule has 0 radical (unpaired) electrons. The predicted octanol–water partition coefficient (Wildman–Crippen LogP) is 7.73. The molecule has 288 valence electrons. The van der Waals surface area contributed by atoms with Crippen LogP contribution in [-0.4, -0.2) is 72.1 Å². The van der Waals surface area contributed by atoms with Crippen LogP contribution in [0.25, 0.3) is 22.2 Å². The highest BCUT2D eigenvalue weighted by atomic mass is 32.2. The first kappa shape index (κ1) is 35.3. The van der Waals surface area contributed by atoms with Gasteiger partial charge >= 0.3 is 0 Å². The number of hydrogen-bond acceptors (Lipinski definition) is 6. The zero-order chi connectivity index (χ0) is 37.5. The van der Waals surface area contributed by atoms with Gasteiger partial charge in [-0.3, -0.25) is 14.5 Å². The van der Waals surface area contributed by atoms with Crippen LogP contribution >= 0.6 is 0 Å². The summed E-state index contributed by atoms with van der Waals surface area (Å²) in [4.78, 5) is 33.8. The number of rotatable bonds is 8. The molecule has 4 atom stereocenters. The second-order valence-electron chi connectivity index (χ2n) is 17.5. The smallest absolute Gasteiger partial charge is 0.264 e. The first-order valence-electron chi connectivity index (χ1n) is 20.7. The fraction of sp³-hybridized carbons (Fsp3) is 0.511. The Morgan fingerprint density at radius 1 is 0.873 bits per heavy atom. The van der Waals surface area contributed by atoms with Crippen molar-refractivity contribution in [1.82, 2.24) is 19.1 Å². The number of nitrogens with zero attached hydrogens (tertiary/aromatic N) is 3. The molecule has 0 spiro atoms. The van der Waals surface area contributed by atoms with Crippen LogP contribution in [-0.2, 0) is 27.9 Å². The highest BCUT2D eigenvalue weighted by Gasteiger charge is 2.66. The van der Waals surface area contributed by atoms with Gasteiger partial charge in [-0.25, -0.2) is 13.1 Å². The number of aromatic nitrogens is 1. The Morgan fingerprint density at radius 3 is 2.33 bits per heavy atom. The molecule has 10 heteroatoms. The lowest BCUT2D eigenvalue weighted by molar-refractivity contribution is -0.161. The van der Waals surface area contributed by atoms with Gasteiger partial charge in [0.2, 0.25) is 15.9 Å². The zero-order valence-corrected chi connectivity index (χ0v) is 32.7. The summed E-state index contributed by atoms with van der Waals surface area (Å²) < 4.78 is 37.4. The van der Waals surface area contributed by atoms with E-state index < -0.39 is 26.6 Å². The third-order valence-corrected chi connectivity index (χ3v) is 16.0. The van der Waals surface area contributed by atoms with Crippen LogP contribution in [0.4, 0.5) is 0 Å². The van der Waals surface area contributed by atoms with E-state index in [4.69, 9.17) is 4.74 Å². The lowest BCUT2D eigenvalue weighted by atomic mass is 9.81. The van der Waals surface area contributed by atoms with Gasteiger partial charge in [0, 0.05) is 66.2 Å². The van der Waals surface area contributed by atoms with E-state index in [9.17, 15) is 13.2 Å². The first-order chi connectivity index (χ1) is 26.7. The van der Waals surface area contributed by atoms with Crippen LogP contribution in [0.1, 0.15) is 116 Å². The number of carbonyl (C=O) groups excluding carboxylic acids is 2. The number of piperazine rings is 1. The van der Waals surface area contributed by atoms with Crippen molar-refractivity contribution in [1.29, 1.82) is 0 Å². The summed E-state index contributed by atoms with van der Waals surface area (Å²) in [5.41, 5.74) is 6.74. The number of sulfonamides is 1. The molecule has 4 aliphatic heterocycles. The Morgan fingerprint density at radius 2 is 1.60 bits per heavy atom. The maximum atomic E-state index is 15.2. The molecular weight excluding hydrogens is 709 g/mol. The van der Waals surface area contributed by atoms with E-state index in [1.807, 2.05) is 18.2 Å². The fourth-order valence-electron chi connectivity index (χ4n) is 11.3. The normalized spacial score (nSPS) is 26.6. The van der Waals surface area contributed by atoms with Crippen molar-refractivity contribution in [2.24, 2.45) is 5.41 Å². The van der Waals surface area contributed by atoms with Crippen molar-refractivity contribution in [2.75, 3.05) is 20.2 Å². The van der Waals surface area contributed by atoms with Gasteiger partial charge in [0.25, 0.3) is 5.91 Å². The molecule has 1 aromatic heterocycles. The fourth-order valence-corrected chi connectivity index (χ4v) is 12.8. The Kier molecular flexibility index (Phi) is 8.66. The van der Waals surface area contributed by atoms with Crippen molar-refractivity contribution in [3.8, 4) is 17.0 Å². The van der Waals surface area contributed by atoms with Crippen LogP contribution in [0.5, 0.6) is 5.75 Å². The van der Waals surface area contributed by atoms with Crippen LogP contribution < -0.4 is 9.46 Å². The number of methoxy groups -OCH3 is 1. The molecule has 1 N–H and O–H groups in total. The Bertz CT molecular complexity index is 2260. The molecule has 7 aliphatic rings. The van der Waals surface area contributed by atoms with Crippen molar-refractivity contribution in [3.63, 3.8) is 0 Å². The van der Waals surface area contributed by atoms with Crippen molar-refractivity contribution < 1.29 is 22.7 Å². The average Bonchev–Trinajstić information content (AvgIpc) is 3.88. The lowest BCUT2D eigenvalue weighted by Crippen LogP contribution is -2.71. The first-order valence-corrected chi connectivity index (χ1v) is 22.3. The minimum atomic E-state index is -3.80. The third-order valence-electron chi connectivity index (χ3n) is 14.2. The average molecular weight is 761 g/mol. The van der Waals surface area contributed by atoms with Gasteiger partial charge in [-0.05, 0) is 91.5 Å². The van der Waals surface area contributed by atoms with E-state index in [2.05, 4.69) is 61.6 Å². The minimum Gasteiger partial charge on any atom is -0.497 e. The minimum absolute atomic E-state index is 0.0631. The van der Waals surface area contributed by atoms with Gasteiger partial charge in [0.15, 0.2) is 0 Å². The maximum absolute atomic E-state index is 15.2. The van der Waals surface area contributed by atoms with Crippen LogP contribution in [0.15, 0.2) is 66.7 Å². The molecule has 9 nitrogen and oxygen atoms in total. The topological polar surface area (TPSA) is 101 Å². The molecule has 3 saturated carbocycles. The number of hydrogen-bond donors (Lipinski definition) is 1. The van der Waals surface area contributed by atoms with Gasteiger partial charge in [0.1, 0.15) is 5.75 Å². The standard InChI is InChI=1S/C45H52N4O5S/c1-54-34-18-20-36-38(23-34)39-24-45(39,44(51)49-32-22-33(49)27-47(26-32)25-29-11-5-2-6-12-29)28-48-40-21-31(43(50)46-55(52,53)35-15-9-4-10-16-35)17-19-37(40)41(42(36)48)30-13-7-3-8-14-30/h2,5-6,11-12,17-21,23,30,32-33,35,39H,3-4,7-10,13-16,22,24-28H2,1H3,(H,46,50). The maximum Gasteiger partial charge on any atom is 0.264 e. The second kappa shape index (κ2) is 13.5. The quantitative estimate of drug-likeness (QED) is 0.197. The van der Waals surface area contributed by atoms with Gasteiger partial charge in [-0.15, -0.1) is 0 Å². The molecular formula is C45H52N4O5S. The SMILES string of the molecule is COc1ccc2c(c1)C1CC1(C(=O)N1C3CC1CN(Cc1ccccc1)C3)Cn1c-2c(C2CCCCC2)c2ccc(C(=O)NS(=O)(=O)C3CCCCC3)cc21. The summed E-state index contributed by atoms with van der Waals surface area (Å²) in [5, 5.41) is 0.573. The molecule has 2 amide bonds. The largest absolute Gasteiger partial charge is 0.497 e. The number of carbonyl (C=O) groups is 2. The molecule has 5 heterocycles. The molecule has 3 aromatic carbocycles. The number of benzene rings is 3. The lowest BCUT2D eigenvalue weighted by Gasteiger charge is -2.57. The number of ether oxygens (including phenoxy) is 1. The van der Waals surface area contributed by atoms with E-state index in [1.165, 1.54) is 36.0 Å². The van der Waals surface area contributed by atoms with Crippen molar-refractivity contribution >= 4 is 32.7 Å². The number of piperidine rings is 1. The van der Waals surface area contributed by atoms with E-state index in [1.54, 1.807) is 13.2 Å². The Balaban J connectivity index is 1.05. The zero-order valence-electron chi connectivity index (χ0n) is 31.8. The predicted molar refractivity (Wildman–Crippen MR) is 214 cm³/mol. The second-order valence-corrected chi connectivity index (χ2v) is 19.4. The number of nitrogens with one attached hydrogen (secondary N) is 1. The highest BCUT2D eigenvalue weighted by molar-refractivity contribution is 7.90.